The Balaban J connectivity index is 1.92. The van der Waals surface area contributed by atoms with Gasteiger partial charge in [0, 0.05) is 17.7 Å². The first kappa shape index (κ1) is 16.2. The zero-order valence-corrected chi connectivity index (χ0v) is 12.9. The van der Waals surface area contributed by atoms with E-state index in [4.69, 9.17) is 5.73 Å². The molecule has 5 nitrogen and oxygen atoms in total. The normalized spacial score (nSPS) is 16.7. The van der Waals surface area contributed by atoms with Crippen molar-refractivity contribution in [2.75, 3.05) is 5.73 Å². The summed E-state index contributed by atoms with van der Waals surface area (Å²) in [5.74, 6) is -1.03. The standard InChI is InChI=1S/C17H22N2O3/c1-2-3-4-5-6-10-13(20)19-15-16(21)11-8-7-9-12(18)14(11)17(15)22/h7-9,15H,2-6,10,18H2,1H3,(H,19,20). The highest BCUT2D eigenvalue weighted by molar-refractivity contribution is 6.31. The average molecular weight is 302 g/mol. The number of benzene rings is 1. The quantitative estimate of drug-likeness (QED) is 0.460. The molecule has 0 radical (unpaired) electrons. The minimum Gasteiger partial charge on any atom is -0.398 e. The number of nitrogens with one attached hydrogen (secondary N) is 1. The smallest absolute Gasteiger partial charge is 0.220 e. The van der Waals surface area contributed by atoms with Crippen LogP contribution in [0.1, 0.15) is 66.2 Å². The second-order valence-electron chi connectivity index (χ2n) is 5.66. The molecule has 0 saturated heterocycles. The van der Waals surface area contributed by atoms with Crippen LogP contribution in [0.5, 0.6) is 0 Å². The predicted octanol–water partition coefficient (Wildman–Crippen LogP) is 2.49. The van der Waals surface area contributed by atoms with Gasteiger partial charge in [-0.2, -0.15) is 0 Å². The number of Topliss-reactive ketones (excluding diaryl/α,β-unsaturated/α-hetero) is 2. The van der Waals surface area contributed by atoms with Crippen LogP contribution in [0.4, 0.5) is 5.69 Å². The van der Waals surface area contributed by atoms with E-state index in [1.165, 1.54) is 0 Å². The van der Waals surface area contributed by atoms with E-state index >= 15 is 0 Å². The van der Waals surface area contributed by atoms with Gasteiger partial charge in [-0.3, -0.25) is 14.4 Å². The summed E-state index contributed by atoms with van der Waals surface area (Å²) in [5, 5.41) is 2.55. The van der Waals surface area contributed by atoms with Crippen LogP contribution in [0.2, 0.25) is 0 Å². The van der Waals surface area contributed by atoms with E-state index in [9.17, 15) is 14.4 Å². The van der Waals surface area contributed by atoms with Gasteiger partial charge in [-0.15, -0.1) is 0 Å². The SMILES string of the molecule is CCCCCCCC(=O)NC1C(=O)c2cccc(N)c2C1=O. The highest BCUT2D eigenvalue weighted by Crippen LogP contribution is 2.27. The van der Waals surface area contributed by atoms with Gasteiger partial charge < -0.3 is 11.1 Å². The maximum atomic E-state index is 12.3. The number of anilines is 1. The lowest BCUT2D eigenvalue weighted by Gasteiger charge is -2.10. The van der Waals surface area contributed by atoms with Crippen molar-refractivity contribution >= 4 is 23.2 Å². The minimum atomic E-state index is -1.11. The number of fused-ring (bicyclic) bond motifs is 1. The first-order chi connectivity index (χ1) is 10.6. The Bertz CT molecular complexity index is 596. The van der Waals surface area contributed by atoms with Crippen LogP contribution < -0.4 is 11.1 Å². The highest BCUT2D eigenvalue weighted by Gasteiger charge is 2.40. The van der Waals surface area contributed by atoms with E-state index in [0.717, 1.165) is 32.1 Å². The van der Waals surface area contributed by atoms with Crippen molar-refractivity contribution in [3.63, 3.8) is 0 Å². The van der Waals surface area contributed by atoms with Crippen molar-refractivity contribution in [2.45, 2.75) is 51.5 Å². The molecule has 2 rings (SSSR count). The molecule has 0 fully saturated rings. The number of nitrogens with two attached hydrogens (primary N) is 1. The second-order valence-corrected chi connectivity index (χ2v) is 5.66. The second kappa shape index (κ2) is 7.20. The topological polar surface area (TPSA) is 89.3 Å². The lowest BCUT2D eigenvalue weighted by Crippen LogP contribution is -2.42. The van der Waals surface area contributed by atoms with Crippen LogP contribution in [0.3, 0.4) is 0 Å². The molecule has 1 aliphatic rings. The number of amides is 1. The molecule has 1 atom stereocenters. The molecular formula is C17H22N2O3. The Kier molecular flexibility index (Phi) is 5.31. The van der Waals surface area contributed by atoms with E-state index in [2.05, 4.69) is 12.2 Å². The third-order valence-electron chi connectivity index (χ3n) is 3.95. The fourth-order valence-electron chi connectivity index (χ4n) is 2.72. The maximum absolute atomic E-state index is 12.3. The van der Waals surface area contributed by atoms with E-state index in [-0.39, 0.29) is 22.9 Å². The Morgan fingerprint density at radius 3 is 2.55 bits per heavy atom. The molecule has 0 aromatic heterocycles. The molecule has 0 heterocycles. The monoisotopic (exact) mass is 302 g/mol. The Morgan fingerprint density at radius 1 is 1.14 bits per heavy atom. The van der Waals surface area contributed by atoms with Crippen LogP contribution in [0.15, 0.2) is 18.2 Å². The largest absolute Gasteiger partial charge is 0.398 e. The molecule has 0 aliphatic heterocycles. The van der Waals surface area contributed by atoms with Crippen molar-refractivity contribution in [1.29, 1.82) is 0 Å². The Labute approximate surface area is 130 Å². The summed E-state index contributed by atoms with van der Waals surface area (Å²) < 4.78 is 0. The zero-order chi connectivity index (χ0) is 16.1. The molecule has 22 heavy (non-hydrogen) atoms. The number of unbranched alkanes of at least 4 members (excludes halogenated alkanes) is 4. The van der Waals surface area contributed by atoms with Crippen LogP contribution in [-0.4, -0.2) is 23.5 Å². The summed E-state index contributed by atoms with van der Waals surface area (Å²) in [7, 11) is 0. The lowest BCUT2D eigenvalue weighted by molar-refractivity contribution is -0.121. The van der Waals surface area contributed by atoms with Gasteiger partial charge in [0.2, 0.25) is 5.91 Å². The van der Waals surface area contributed by atoms with E-state index in [1.54, 1.807) is 18.2 Å². The number of carbonyl (C=O) groups is 3. The fraction of sp³-hybridized carbons (Fsp3) is 0.471. The molecule has 118 valence electrons. The molecule has 1 aliphatic carbocycles. The van der Waals surface area contributed by atoms with Crippen molar-refractivity contribution in [3.8, 4) is 0 Å². The van der Waals surface area contributed by atoms with Crippen molar-refractivity contribution < 1.29 is 14.4 Å². The third kappa shape index (κ3) is 3.35. The van der Waals surface area contributed by atoms with E-state index in [1.807, 2.05) is 0 Å². The summed E-state index contributed by atoms with van der Waals surface area (Å²) in [5.41, 5.74) is 6.58. The lowest BCUT2D eigenvalue weighted by atomic mass is 10.1. The molecule has 0 spiro atoms. The van der Waals surface area contributed by atoms with Gasteiger partial charge in [0.25, 0.3) is 0 Å². The summed E-state index contributed by atoms with van der Waals surface area (Å²) in [6.45, 7) is 2.13. The van der Waals surface area contributed by atoms with Crippen molar-refractivity contribution in [3.05, 3.63) is 29.3 Å². The molecule has 1 aromatic rings. The van der Waals surface area contributed by atoms with Gasteiger partial charge in [-0.25, -0.2) is 0 Å². The molecule has 0 bridgehead atoms. The summed E-state index contributed by atoms with van der Waals surface area (Å²) in [6, 6.07) is 3.69. The third-order valence-corrected chi connectivity index (χ3v) is 3.95. The molecule has 1 amide bonds. The number of carbonyl (C=O) groups excluding carboxylic acids is 3. The molecule has 0 saturated carbocycles. The number of hydrogen-bond acceptors (Lipinski definition) is 4. The maximum Gasteiger partial charge on any atom is 0.220 e. The van der Waals surface area contributed by atoms with Crippen LogP contribution in [0.25, 0.3) is 0 Å². The van der Waals surface area contributed by atoms with Gasteiger partial charge in [0.1, 0.15) is 0 Å². The number of nitrogen functional groups attached to an aromatic ring is 1. The van der Waals surface area contributed by atoms with Gasteiger partial charge in [-0.1, -0.05) is 44.7 Å². The van der Waals surface area contributed by atoms with Gasteiger partial charge >= 0.3 is 0 Å². The molecule has 1 aromatic carbocycles. The van der Waals surface area contributed by atoms with E-state index in [0.29, 0.717) is 12.0 Å². The molecule has 3 N–H and O–H groups in total. The van der Waals surface area contributed by atoms with Crippen LogP contribution in [-0.2, 0) is 4.79 Å². The van der Waals surface area contributed by atoms with Gasteiger partial charge in [-0.05, 0) is 12.5 Å². The first-order valence-corrected chi connectivity index (χ1v) is 7.82. The Morgan fingerprint density at radius 2 is 1.86 bits per heavy atom. The minimum absolute atomic E-state index is 0.237. The van der Waals surface area contributed by atoms with Gasteiger partial charge in [0.15, 0.2) is 17.6 Å². The summed E-state index contributed by atoms with van der Waals surface area (Å²) in [4.78, 5) is 36.4. The summed E-state index contributed by atoms with van der Waals surface area (Å²) in [6.07, 6.45) is 5.52. The van der Waals surface area contributed by atoms with E-state index < -0.39 is 11.8 Å². The van der Waals surface area contributed by atoms with Crippen LogP contribution in [0, 0.1) is 0 Å². The van der Waals surface area contributed by atoms with Crippen molar-refractivity contribution in [1.82, 2.24) is 5.32 Å². The number of ketones is 2. The van der Waals surface area contributed by atoms with Gasteiger partial charge in [0.05, 0.1) is 5.56 Å². The highest BCUT2D eigenvalue weighted by atomic mass is 16.2. The zero-order valence-electron chi connectivity index (χ0n) is 12.9. The molecule has 5 heteroatoms. The van der Waals surface area contributed by atoms with Crippen molar-refractivity contribution in [2.24, 2.45) is 0 Å². The fourth-order valence-corrected chi connectivity index (χ4v) is 2.72. The number of rotatable bonds is 7. The Hall–Kier alpha value is -2.17. The van der Waals surface area contributed by atoms with Crippen LogP contribution >= 0.6 is 0 Å². The molecule has 1 unspecified atom stereocenters. The average Bonchev–Trinajstić information content (AvgIpc) is 2.73. The number of hydrogen-bond donors (Lipinski definition) is 2. The summed E-state index contributed by atoms with van der Waals surface area (Å²) >= 11 is 0. The first-order valence-electron chi connectivity index (χ1n) is 7.82. The predicted molar refractivity (Wildman–Crippen MR) is 84.8 cm³/mol. The molecular weight excluding hydrogens is 280 g/mol.